The van der Waals surface area contributed by atoms with Crippen molar-refractivity contribution in [2.45, 2.75) is 0 Å². The lowest BCUT2D eigenvalue weighted by Gasteiger charge is -1.94. The van der Waals surface area contributed by atoms with Crippen LogP contribution in [0.1, 0.15) is 0 Å². The Morgan fingerprint density at radius 3 is 2.09 bits per heavy atom. The highest BCUT2D eigenvalue weighted by atomic mass is 127. The molecule has 0 fully saturated rings. The molecule has 0 aromatic carbocycles. The predicted octanol–water partition coefficient (Wildman–Crippen LogP) is -4.81. The van der Waals surface area contributed by atoms with Gasteiger partial charge in [0.1, 0.15) is 7.05 Å². The van der Waals surface area contributed by atoms with Gasteiger partial charge in [-0.3, -0.25) is 0 Å². The minimum absolute atomic E-state index is 0. The van der Waals surface area contributed by atoms with Crippen molar-refractivity contribution >= 4 is 12.6 Å². The van der Waals surface area contributed by atoms with Gasteiger partial charge >= 0.3 is 7.12 Å². The molecule has 0 amide bonds. The Kier molecular flexibility index (Phi) is 4.63. The second-order valence-electron chi connectivity index (χ2n) is 2.17. The summed E-state index contributed by atoms with van der Waals surface area (Å²) in [4.78, 5) is 0. The van der Waals surface area contributed by atoms with Crippen LogP contribution in [0.3, 0.4) is 0 Å². The largest absolute Gasteiger partial charge is 1.00 e. The molecule has 60 valence electrons. The van der Waals surface area contributed by atoms with Gasteiger partial charge in [-0.25, -0.2) is 4.57 Å². The van der Waals surface area contributed by atoms with Gasteiger partial charge < -0.3 is 34.0 Å². The first-order valence-corrected chi connectivity index (χ1v) is 3.01. The molecule has 5 heteroatoms. The van der Waals surface area contributed by atoms with Crippen LogP contribution >= 0.6 is 0 Å². The summed E-state index contributed by atoms with van der Waals surface area (Å²) in [7, 11) is 0.509. The summed E-state index contributed by atoms with van der Waals surface area (Å²) in [5.74, 6) is 0. The van der Waals surface area contributed by atoms with Gasteiger partial charge in [0, 0.05) is 12.1 Å². The predicted molar refractivity (Wildman–Crippen MR) is 37.4 cm³/mol. The van der Waals surface area contributed by atoms with Gasteiger partial charge in [0.25, 0.3) is 0 Å². The Morgan fingerprint density at radius 1 is 1.27 bits per heavy atom. The summed E-state index contributed by atoms with van der Waals surface area (Å²) in [6.07, 6.45) is 3.52. The van der Waals surface area contributed by atoms with Crippen molar-refractivity contribution in [2.75, 3.05) is 0 Å². The lowest BCUT2D eigenvalue weighted by Crippen LogP contribution is -3.00. The molecule has 0 aliphatic rings. The Hall–Kier alpha value is -0.135. The van der Waals surface area contributed by atoms with Crippen molar-refractivity contribution < 1.29 is 38.6 Å². The molecule has 0 aliphatic heterocycles. The van der Waals surface area contributed by atoms with Crippen molar-refractivity contribution in [1.29, 1.82) is 0 Å². The minimum Gasteiger partial charge on any atom is -1.00 e. The molecule has 0 saturated heterocycles. The summed E-state index contributed by atoms with van der Waals surface area (Å²) in [5, 5.41) is 17.3. The number of rotatable bonds is 1. The molecule has 11 heavy (non-hydrogen) atoms. The molecule has 2 N–H and O–H groups in total. The van der Waals surface area contributed by atoms with E-state index in [0.717, 1.165) is 0 Å². The van der Waals surface area contributed by atoms with Crippen LogP contribution in [0.15, 0.2) is 24.5 Å². The van der Waals surface area contributed by atoms with Crippen molar-refractivity contribution in [3.63, 3.8) is 0 Å². The van der Waals surface area contributed by atoms with E-state index in [1.165, 1.54) is 0 Å². The lowest BCUT2D eigenvalue weighted by atomic mass is 9.81. The Bertz CT molecular complexity index is 214. The summed E-state index contributed by atoms with van der Waals surface area (Å²) in [6.45, 7) is 0. The van der Waals surface area contributed by atoms with E-state index in [-0.39, 0.29) is 24.0 Å². The Morgan fingerprint density at radius 2 is 1.73 bits per heavy atom. The Labute approximate surface area is 82.9 Å². The van der Waals surface area contributed by atoms with Crippen molar-refractivity contribution in [1.82, 2.24) is 0 Å². The van der Waals surface area contributed by atoms with Crippen LogP contribution in [-0.2, 0) is 7.05 Å². The minimum atomic E-state index is -1.36. The number of nitrogens with zero attached hydrogens (tertiary/aromatic N) is 1. The van der Waals surface area contributed by atoms with Crippen LogP contribution in [-0.4, -0.2) is 17.2 Å². The van der Waals surface area contributed by atoms with Crippen LogP contribution in [0, 0.1) is 0 Å². The van der Waals surface area contributed by atoms with Gasteiger partial charge in [-0.05, 0) is 5.46 Å². The highest BCUT2D eigenvalue weighted by Crippen LogP contribution is 1.75. The first-order valence-electron chi connectivity index (χ1n) is 3.01. The van der Waals surface area contributed by atoms with Crippen molar-refractivity contribution in [3.05, 3.63) is 24.5 Å². The van der Waals surface area contributed by atoms with E-state index in [9.17, 15) is 0 Å². The fourth-order valence-corrected chi connectivity index (χ4v) is 0.685. The number of hydrogen-bond acceptors (Lipinski definition) is 2. The SMILES string of the molecule is C[n+]1ccc(B(O)O)cc1.[I-]. The molecule has 1 rings (SSSR count). The fraction of sp³-hybridized carbons (Fsp3) is 0.167. The van der Waals surface area contributed by atoms with E-state index in [4.69, 9.17) is 10.0 Å². The number of halogens is 1. The van der Waals surface area contributed by atoms with Crippen LogP contribution in [0.4, 0.5) is 0 Å². The quantitative estimate of drug-likeness (QED) is 0.304. The molecule has 0 aliphatic carbocycles. The molecule has 3 nitrogen and oxygen atoms in total. The van der Waals surface area contributed by atoms with Gasteiger partial charge in [0.05, 0.1) is 0 Å². The van der Waals surface area contributed by atoms with E-state index in [2.05, 4.69) is 0 Å². The van der Waals surface area contributed by atoms with E-state index in [0.29, 0.717) is 5.46 Å². The second kappa shape index (κ2) is 4.68. The maximum absolute atomic E-state index is 8.66. The first-order chi connectivity index (χ1) is 4.70. The maximum atomic E-state index is 8.66. The van der Waals surface area contributed by atoms with Crippen LogP contribution < -0.4 is 34.0 Å². The van der Waals surface area contributed by atoms with Gasteiger partial charge in [0.15, 0.2) is 12.4 Å². The zero-order chi connectivity index (χ0) is 7.56. The van der Waals surface area contributed by atoms with Gasteiger partial charge in [-0.15, -0.1) is 0 Å². The van der Waals surface area contributed by atoms with Gasteiger partial charge in [-0.1, -0.05) is 0 Å². The average molecular weight is 265 g/mol. The number of hydrogen-bond donors (Lipinski definition) is 2. The molecule has 0 saturated carbocycles. The molecule has 0 unspecified atom stereocenters. The monoisotopic (exact) mass is 265 g/mol. The highest BCUT2D eigenvalue weighted by molar-refractivity contribution is 6.58. The average Bonchev–Trinajstić information content (AvgIpc) is 1.88. The van der Waals surface area contributed by atoms with E-state index in [1.54, 1.807) is 24.5 Å². The van der Waals surface area contributed by atoms with E-state index < -0.39 is 7.12 Å². The van der Waals surface area contributed by atoms with Gasteiger partial charge in [-0.2, -0.15) is 0 Å². The lowest BCUT2D eigenvalue weighted by molar-refractivity contribution is -0.671. The molecule has 0 bridgehead atoms. The third kappa shape index (κ3) is 3.17. The number of aromatic nitrogens is 1. The number of pyridine rings is 1. The topological polar surface area (TPSA) is 44.3 Å². The number of aryl methyl sites for hydroxylation is 1. The zero-order valence-electron chi connectivity index (χ0n) is 6.11. The molecule has 0 atom stereocenters. The van der Waals surface area contributed by atoms with E-state index >= 15 is 0 Å². The van der Waals surface area contributed by atoms with Gasteiger partial charge in [0.2, 0.25) is 0 Å². The van der Waals surface area contributed by atoms with Crippen LogP contribution in [0.5, 0.6) is 0 Å². The molecular weight excluding hydrogens is 256 g/mol. The van der Waals surface area contributed by atoms with E-state index in [1.807, 2.05) is 11.6 Å². The zero-order valence-corrected chi connectivity index (χ0v) is 8.26. The molecule has 0 radical (unpaired) electrons. The third-order valence-electron chi connectivity index (χ3n) is 1.30. The van der Waals surface area contributed by atoms with Crippen molar-refractivity contribution in [3.8, 4) is 0 Å². The Balaban J connectivity index is 0.000001000. The molecular formula is C6H9BINO2. The molecule has 1 aromatic heterocycles. The molecule has 1 aromatic rings. The first kappa shape index (κ1) is 10.9. The third-order valence-corrected chi connectivity index (χ3v) is 1.30. The van der Waals surface area contributed by atoms with Crippen LogP contribution in [0.2, 0.25) is 0 Å². The second-order valence-corrected chi connectivity index (χ2v) is 2.17. The maximum Gasteiger partial charge on any atom is 0.488 e. The summed E-state index contributed by atoms with van der Waals surface area (Å²) in [5.41, 5.74) is 0.512. The van der Waals surface area contributed by atoms with Crippen LogP contribution in [0.25, 0.3) is 0 Å². The molecule has 0 spiro atoms. The van der Waals surface area contributed by atoms with Crippen molar-refractivity contribution in [2.24, 2.45) is 7.05 Å². The standard InChI is InChI=1S/C6H9BNO2.HI/c1-8-4-2-6(3-5-8)7(9)10;/h2-5,9-10H,1H3;1H/q+1;/p-1. The summed E-state index contributed by atoms with van der Waals surface area (Å²) in [6, 6.07) is 3.31. The summed E-state index contributed by atoms with van der Waals surface area (Å²) < 4.78 is 1.83. The smallest absolute Gasteiger partial charge is 0.488 e. The fourth-order valence-electron chi connectivity index (χ4n) is 0.685. The summed E-state index contributed by atoms with van der Waals surface area (Å²) >= 11 is 0. The highest BCUT2D eigenvalue weighted by Gasteiger charge is 2.10. The normalized spacial score (nSPS) is 8.64. The molecule has 1 heterocycles.